The SMILES string of the molecule is CC(C)(C)C(=O)Nc1ccc(NCc2cccnc2)nn1. The third kappa shape index (κ3) is 4.52. The van der Waals surface area contributed by atoms with Crippen LogP contribution in [0.25, 0.3) is 0 Å². The predicted octanol–water partition coefficient (Wildman–Crippen LogP) is 2.47. The summed E-state index contributed by atoms with van der Waals surface area (Å²) in [5.41, 5.74) is 0.600. The fourth-order valence-corrected chi connectivity index (χ4v) is 1.49. The van der Waals surface area contributed by atoms with Crippen molar-refractivity contribution in [1.29, 1.82) is 0 Å². The van der Waals surface area contributed by atoms with Crippen LogP contribution in [0.3, 0.4) is 0 Å². The van der Waals surface area contributed by atoms with E-state index in [1.165, 1.54) is 0 Å². The topological polar surface area (TPSA) is 79.8 Å². The summed E-state index contributed by atoms with van der Waals surface area (Å²) in [5, 5.41) is 13.9. The molecule has 2 heterocycles. The highest BCUT2D eigenvalue weighted by molar-refractivity contribution is 5.93. The number of aromatic nitrogens is 3. The molecule has 0 radical (unpaired) electrons. The molecule has 6 heteroatoms. The summed E-state index contributed by atoms with van der Waals surface area (Å²) in [4.78, 5) is 15.9. The van der Waals surface area contributed by atoms with Gasteiger partial charge < -0.3 is 10.6 Å². The standard InChI is InChI=1S/C15H19N5O/c1-15(2,3)14(21)18-13-7-6-12(19-20-13)17-10-11-5-4-8-16-9-11/h4-9H,10H2,1-3H3,(H,17,19)(H,18,20,21). The van der Waals surface area contributed by atoms with Crippen molar-refractivity contribution < 1.29 is 4.79 Å². The number of anilines is 2. The Hall–Kier alpha value is -2.50. The minimum atomic E-state index is -0.459. The Morgan fingerprint density at radius 3 is 2.43 bits per heavy atom. The molecule has 110 valence electrons. The second-order valence-corrected chi connectivity index (χ2v) is 5.72. The maximum atomic E-state index is 11.8. The summed E-state index contributed by atoms with van der Waals surface area (Å²) in [6.45, 7) is 6.16. The van der Waals surface area contributed by atoms with Gasteiger partial charge in [0, 0.05) is 24.4 Å². The Balaban J connectivity index is 1.92. The van der Waals surface area contributed by atoms with Crippen LogP contribution < -0.4 is 10.6 Å². The van der Waals surface area contributed by atoms with Crippen LogP contribution in [-0.4, -0.2) is 21.1 Å². The number of rotatable bonds is 4. The Labute approximate surface area is 124 Å². The van der Waals surface area contributed by atoms with Gasteiger partial charge in [0.25, 0.3) is 0 Å². The Morgan fingerprint density at radius 2 is 1.86 bits per heavy atom. The number of amides is 1. The lowest BCUT2D eigenvalue weighted by molar-refractivity contribution is -0.123. The van der Waals surface area contributed by atoms with Crippen LogP contribution >= 0.6 is 0 Å². The van der Waals surface area contributed by atoms with Crippen LogP contribution in [0, 0.1) is 5.41 Å². The van der Waals surface area contributed by atoms with Crippen LogP contribution in [0.1, 0.15) is 26.3 Å². The van der Waals surface area contributed by atoms with Crippen molar-refractivity contribution in [2.75, 3.05) is 10.6 Å². The Morgan fingerprint density at radius 1 is 1.14 bits per heavy atom. The van der Waals surface area contributed by atoms with Crippen LogP contribution in [-0.2, 0) is 11.3 Å². The number of hydrogen-bond donors (Lipinski definition) is 2. The van der Waals surface area contributed by atoms with Gasteiger partial charge in [0.05, 0.1) is 0 Å². The minimum Gasteiger partial charge on any atom is -0.364 e. The van der Waals surface area contributed by atoms with Crippen LogP contribution in [0.2, 0.25) is 0 Å². The molecule has 21 heavy (non-hydrogen) atoms. The fraction of sp³-hybridized carbons (Fsp3) is 0.333. The molecule has 0 fully saturated rings. The molecule has 0 spiro atoms. The molecular weight excluding hydrogens is 266 g/mol. The maximum absolute atomic E-state index is 11.8. The summed E-state index contributed by atoms with van der Waals surface area (Å²) in [6, 6.07) is 7.36. The molecule has 0 aliphatic carbocycles. The van der Waals surface area contributed by atoms with Crippen molar-refractivity contribution in [3.63, 3.8) is 0 Å². The molecule has 0 aliphatic heterocycles. The largest absolute Gasteiger partial charge is 0.364 e. The van der Waals surface area contributed by atoms with Gasteiger partial charge in [0.1, 0.15) is 5.82 Å². The smallest absolute Gasteiger partial charge is 0.230 e. The lowest BCUT2D eigenvalue weighted by Crippen LogP contribution is -2.28. The summed E-state index contributed by atoms with van der Waals surface area (Å²) in [7, 11) is 0. The molecule has 0 aromatic carbocycles. The van der Waals surface area contributed by atoms with Crippen molar-refractivity contribution in [2.45, 2.75) is 27.3 Å². The first-order chi connectivity index (χ1) is 9.95. The summed E-state index contributed by atoms with van der Waals surface area (Å²) < 4.78 is 0. The molecule has 2 rings (SSSR count). The average Bonchev–Trinajstić information content (AvgIpc) is 2.46. The number of nitrogens with zero attached hydrogens (tertiary/aromatic N) is 3. The molecule has 0 saturated carbocycles. The van der Waals surface area contributed by atoms with E-state index >= 15 is 0 Å². The average molecular weight is 285 g/mol. The Kier molecular flexibility index (Phi) is 4.47. The maximum Gasteiger partial charge on any atom is 0.230 e. The highest BCUT2D eigenvalue weighted by Gasteiger charge is 2.21. The van der Waals surface area contributed by atoms with Gasteiger partial charge in [-0.2, -0.15) is 0 Å². The van der Waals surface area contributed by atoms with Crippen molar-refractivity contribution in [3.8, 4) is 0 Å². The molecule has 2 N–H and O–H groups in total. The van der Waals surface area contributed by atoms with E-state index in [0.717, 1.165) is 5.56 Å². The number of pyridine rings is 1. The molecule has 2 aromatic heterocycles. The minimum absolute atomic E-state index is 0.0899. The highest BCUT2D eigenvalue weighted by Crippen LogP contribution is 2.16. The van der Waals surface area contributed by atoms with E-state index in [2.05, 4.69) is 25.8 Å². The van der Waals surface area contributed by atoms with E-state index in [-0.39, 0.29) is 5.91 Å². The van der Waals surface area contributed by atoms with Gasteiger partial charge in [-0.05, 0) is 23.8 Å². The normalized spacial score (nSPS) is 11.0. The second-order valence-electron chi connectivity index (χ2n) is 5.72. The van der Waals surface area contributed by atoms with E-state index in [1.54, 1.807) is 24.5 Å². The lowest BCUT2D eigenvalue weighted by Gasteiger charge is -2.16. The van der Waals surface area contributed by atoms with Crippen molar-refractivity contribution in [1.82, 2.24) is 15.2 Å². The van der Waals surface area contributed by atoms with E-state index in [0.29, 0.717) is 18.2 Å². The molecule has 0 aliphatic rings. The zero-order chi connectivity index (χ0) is 15.3. The zero-order valence-corrected chi connectivity index (χ0v) is 12.4. The molecule has 1 amide bonds. The second kappa shape index (κ2) is 6.30. The van der Waals surface area contributed by atoms with Crippen molar-refractivity contribution >= 4 is 17.5 Å². The zero-order valence-electron chi connectivity index (χ0n) is 12.4. The van der Waals surface area contributed by atoms with Gasteiger partial charge in [-0.15, -0.1) is 10.2 Å². The first-order valence-electron chi connectivity index (χ1n) is 6.73. The molecule has 0 unspecified atom stereocenters. The molecular formula is C15H19N5O. The van der Waals surface area contributed by atoms with Gasteiger partial charge in [-0.25, -0.2) is 0 Å². The van der Waals surface area contributed by atoms with Gasteiger partial charge in [0.2, 0.25) is 5.91 Å². The van der Waals surface area contributed by atoms with E-state index < -0.39 is 5.41 Å². The molecule has 0 saturated heterocycles. The number of carbonyl (C=O) groups is 1. The van der Waals surface area contributed by atoms with E-state index in [1.807, 2.05) is 32.9 Å². The van der Waals surface area contributed by atoms with Gasteiger partial charge in [-0.1, -0.05) is 26.8 Å². The quantitative estimate of drug-likeness (QED) is 0.902. The Bertz CT molecular complexity index is 590. The van der Waals surface area contributed by atoms with E-state index in [9.17, 15) is 4.79 Å². The summed E-state index contributed by atoms with van der Waals surface area (Å²) >= 11 is 0. The first kappa shape index (κ1) is 14.9. The van der Waals surface area contributed by atoms with Crippen molar-refractivity contribution in [2.24, 2.45) is 5.41 Å². The van der Waals surface area contributed by atoms with Gasteiger partial charge in [0.15, 0.2) is 5.82 Å². The molecule has 6 nitrogen and oxygen atoms in total. The number of nitrogens with one attached hydrogen (secondary N) is 2. The van der Waals surface area contributed by atoms with Crippen LogP contribution in [0.15, 0.2) is 36.7 Å². The van der Waals surface area contributed by atoms with Crippen LogP contribution in [0.4, 0.5) is 11.6 Å². The highest BCUT2D eigenvalue weighted by atomic mass is 16.2. The first-order valence-corrected chi connectivity index (χ1v) is 6.73. The number of carbonyl (C=O) groups excluding carboxylic acids is 1. The molecule has 0 atom stereocenters. The lowest BCUT2D eigenvalue weighted by atomic mass is 9.96. The third-order valence-corrected chi connectivity index (χ3v) is 2.78. The van der Waals surface area contributed by atoms with Crippen molar-refractivity contribution in [3.05, 3.63) is 42.2 Å². The van der Waals surface area contributed by atoms with Gasteiger partial charge >= 0.3 is 0 Å². The molecule has 0 bridgehead atoms. The van der Waals surface area contributed by atoms with Crippen LogP contribution in [0.5, 0.6) is 0 Å². The third-order valence-electron chi connectivity index (χ3n) is 2.78. The summed E-state index contributed by atoms with van der Waals surface area (Å²) in [5.74, 6) is 1.00. The monoisotopic (exact) mass is 285 g/mol. The van der Waals surface area contributed by atoms with Gasteiger partial charge in [-0.3, -0.25) is 9.78 Å². The number of hydrogen-bond acceptors (Lipinski definition) is 5. The fourth-order valence-electron chi connectivity index (χ4n) is 1.49. The molecule has 2 aromatic rings. The van der Waals surface area contributed by atoms with E-state index in [4.69, 9.17) is 0 Å². The predicted molar refractivity (Wildman–Crippen MR) is 81.7 cm³/mol. The summed E-state index contributed by atoms with van der Waals surface area (Å²) in [6.07, 6.45) is 3.52.